The van der Waals surface area contributed by atoms with Gasteiger partial charge in [-0.1, -0.05) is 17.7 Å². The van der Waals surface area contributed by atoms with E-state index in [0.29, 0.717) is 13.1 Å². The average Bonchev–Trinajstić information content (AvgIpc) is 3.05. The molecule has 1 aromatic carbocycles. The maximum atomic E-state index is 11.9. The summed E-state index contributed by atoms with van der Waals surface area (Å²) in [6.07, 6.45) is 1.48. The van der Waals surface area contributed by atoms with Crippen molar-refractivity contribution in [2.24, 2.45) is 0 Å². The quantitative estimate of drug-likeness (QED) is 0.846. The molecule has 1 fully saturated rings. The van der Waals surface area contributed by atoms with Gasteiger partial charge in [-0.2, -0.15) is 4.68 Å². The highest BCUT2D eigenvalue weighted by molar-refractivity contribution is 7.89. The first kappa shape index (κ1) is 16.1. The summed E-state index contributed by atoms with van der Waals surface area (Å²) in [6.45, 7) is 4.77. The molecule has 0 unspecified atom stereocenters. The van der Waals surface area contributed by atoms with Gasteiger partial charge in [0.25, 0.3) is 0 Å². The third-order valence-electron chi connectivity index (χ3n) is 4.35. The summed E-state index contributed by atoms with van der Waals surface area (Å²) in [5.41, 5.74) is 2.11. The molecule has 0 saturated carbocycles. The van der Waals surface area contributed by atoms with Gasteiger partial charge in [-0.3, -0.25) is 0 Å². The topological polar surface area (TPSA) is 81.0 Å². The van der Waals surface area contributed by atoms with Gasteiger partial charge in [0.15, 0.2) is 5.82 Å². The fraction of sp³-hybridized carbons (Fsp3) is 0.533. The van der Waals surface area contributed by atoms with Crippen LogP contribution in [0.15, 0.2) is 24.3 Å². The van der Waals surface area contributed by atoms with Crippen LogP contribution in [0.1, 0.15) is 37.1 Å². The molecule has 0 amide bonds. The second-order valence-electron chi connectivity index (χ2n) is 5.86. The molecule has 124 valence electrons. The number of hydrogen-bond acceptors (Lipinski definition) is 5. The van der Waals surface area contributed by atoms with Crippen molar-refractivity contribution in [3.05, 3.63) is 35.7 Å². The van der Waals surface area contributed by atoms with Gasteiger partial charge in [0.05, 0.1) is 11.4 Å². The molecule has 0 atom stereocenters. The van der Waals surface area contributed by atoms with E-state index >= 15 is 0 Å². The molecular weight excluding hydrogens is 314 g/mol. The SMILES string of the molecule is CCS(=O)(=O)N1CCC(c2nnnn2-c2ccc(C)cc2)CC1. The number of hydrogen-bond donors (Lipinski definition) is 0. The predicted molar refractivity (Wildman–Crippen MR) is 86.9 cm³/mol. The second kappa shape index (κ2) is 6.37. The lowest BCUT2D eigenvalue weighted by Crippen LogP contribution is -2.39. The minimum Gasteiger partial charge on any atom is -0.212 e. The van der Waals surface area contributed by atoms with Gasteiger partial charge in [-0.25, -0.2) is 12.7 Å². The highest BCUT2D eigenvalue weighted by Crippen LogP contribution is 2.28. The fourth-order valence-corrected chi connectivity index (χ4v) is 4.03. The Kier molecular flexibility index (Phi) is 4.45. The maximum absolute atomic E-state index is 11.9. The first-order chi connectivity index (χ1) is 11.0. The van der Waals surface area contributed by atoms with Crippen molar-refractivity contribution in [3.63, 3.8) is 0 Å². The van der Waals surface area contributed by atoms with Crippen LogP contribution in [-0.2, 0) is 10.0 Å². The number of tetrazole rings is 1. The molecule has 1 saturated heterocycles. The number of piperidine rings is 1. The highest BCUT2D eigenvalue weighted by atomic mass is 32.2. The molecule has 2 heterocycles. The van der Waals surface area contributed by atoms with Gasteiger partial charge in [0.1, 0.15) is 0 Å². The lowest BCUT2D eigenvalue weighted by molar-refractivity contribution is 0.311. The summed E-state index contributed by atoms with van der Waals surface area (Å²) in [5.74, 6) is 1.13. The summed E-state index contributed by atoms with van der Waals surface area (Å²) >= 11 is 0. The van der Waals surface area contributed by atoms with Crippen LogP contribution in [0.3, 0.4) is 0 Å². The van der Waals surface area contributed by atoms with E-state index in [9.17, 15) is 8.42 Å². The minimum absolute atomic E-state index is 0.152. The van der Waals surface area contributed by atoms with Gasteiger partial charge in [0.2, 0.25) is 10.0 Å². The van der Waals surface area contributed by atoms with E-state index < -0.39 is 10.0 Å². The van der Waals surface area contributed by atoms with Crippen LogP contribution < -0.4 is 0 Å². The van der Waals surface area contributed by atoms with Crippen LogP contribution in [-0.4, -0.2) is 51.8 Å². The van der Waals surface area contributed by atoms with Gasteiger partial charge in [-0.15, -0.1) is 5.10 Å². The van der Waals surface area contributed by atoms with Crippen LogP contribution in [0, 0.1) is 6.92 Å². The van der Waals surface area contributed by atoms with Gasteiger partial charge < -0.3 is 0 Å². The molecule has 0 radical (unpaired) electrons. The van der Waals surface area contributed by atoms with Crippen LogP contribution in [0.5, 0.6) is 0 Å². The van der Waals surface area contributed by atoms with E-state index in [2.05, 4.69) is 15.5 Å². The lowest BCUT2D eigenvalue weighted by atomic mass is 9.97. The number of sulfonamides is 1. The molecule has 0 bridgehead atoms. The minimum atomic E-state index is -3.11. The second-order valence-corrected chi connectivity index (χ2v) is 8.12. The largest absolute Gasteiger partial charge is 0.213 e. The third kappa shape index (κ3) is 3.28. The number of benzene rings is 1. The summed E-state index contributed by atoms with van der Waals surface area (Å²) in [4.78, 5) is 0. The standard InChI is InChI=1S/C15H21N5O2S/c1-3-23(21,22)19-10-8-13(9-11-19)15-16-17-18-20(15)14-6-4-12(2)5-7-14/h4-7,13H,3,8-11H2,1-2H3. The Morgan fingerprint density at radius 3 is 2.43 bits per heavy atom. The first-order valence-corrected chi connectivity index (χ1v) is 9.45. The Labute approximate surface area is 136 Å². The third-order valence-corrected chi connectivity index (χ3v) is 6.23. The summed E-state index contributed by atoms with van der Waals surface area (Å²) < 4.78 is 27.2. The van der Waals surface area contributed by atoms with Crippen molar-refractivity contribution in [2.75, 3.05) is 18.8 Å². The molecule has 2 aromatic rings. The molecule has 23 heavy (non-hydrogen) atoms. The van der Waals surface area contributed by atoms with Crippen LogP contribution in [0.2, 0.25) is 0 Å². The van der Waals surface area contributed by atoms with Crippen molar-refractivity contribution in [2.45, 2.75) is 32.6 Å². The Balaban J connectivity index is 1.78. The van der Waals surface area contributed by atoms with Crippen LogP contribution in [0.25, 0.3) is 5.69 Å². The van der Waals surface area contributed by atoms with E-state index in [1.54, 1.807) is 15.9 Å². The molecule has 8 heteroatoms. The normalized spacial score (nSPS) is 17.5. The zero-order valence-electron chi connectivity index (χ0n) is 13.4. The summed E-state index contributed by atoms with van der Waals surface area (Å²) in [7, 11) is -3.11. The fourth-order valence-electron chi connectivity index (χ4n) is 2.89. The van der Waals surface area contributed by atoms with E-state index in [0.717, 1.165) is 24.4 Å². The van der Waals surface area contributed by atoms with Crippen molar-refractivity contribution >= 4 is 10.0 Å². The Bertz CT molecular complexity index is 761. The van der Waals surface area contributed by atoms with Crippen molar-refractivity contribution < 1.29 is 8.42 Å². The van der Waals surface area contributed by atoms with Gasteiger partial charge >= 0.3 is 0 Å². The van der Waals surface area contributed by atoms with Gasteiger partial charge in [-0.05, 0) is 49.2 Å². The molecule has 1 aliphatic rings. The molecular formula is C15H21N5O2S. The van der Waals surface area contributed by atoms with E-state index in [-0.39, 0.29) is 11.7 Å². The number of aryl methyl sites for hydroxylation is 1. The Morgan fingerprint density at radius 2 is 1.83 bits per heavy atom. The smallest absolute Gasteiger partial charge is 0.212 e. The van der Waals surface area contributed by atoms with Crippen molar-refractivity contribution in [1.29, 1.82) is 0 Å². The summed E-state index contributed by atoms with van der Waals surface area (Å²) in [6, 6.07) is 8.03. The first-order valence-electron chi connectivity index (χ1n) is 7.84. The highest BCUT2D eigenvalue weighted by Gasteiger charge is 2.30. The van der Waals surface area contributed by atoms with Gasteiger partial charge in [0, 0.05) is 19.0 Å². The van der Waals surface area contributed by atoms with Crippen molar-refractivity contribution in [3.8, 4) is 5.69 Å². The average molecular weight is 335 g/mol. The molecule has 0 aliphatic carbocycles. The zero-order valence-corrected chi connectivity index (χ0v) is 14.2. The molecule has 7 nitrogen and oxygen atoms in total. The molecule has 0 spiro atoms. The maximum Gasteiger partial charge on any atom is 0.213 e. The molecule has 1 aromatic heterocycles. The number of nitrogens with zero attached hydrogens (tertiary/aromatic N) is 5. The molecule has 3 rings (SSSR count). The number of rotatable bonds is 4. The van der Waals surface area contributed by atoms with E-state index in [1.807, 2.05) is 31.2 Å². The van der Waals surface area contributed by atoms with E-state index in [4.69, 9.17) is 0 Å². The molecule has 1 aliphatic heterocycles. The predicted octanol–water partition coefficient (Wildman–Crippen LogP) is 1.50. The Morgan fingerprint density at radius 1 is 1.17 bits per heavy atom. The lowest BCUT2D eigenvalue weighted by Gasteiger charge is -2.30. The molecule has 0 N–H and O–H groups in total. The monoisotopic (exact) mass is 335 g/mol. The zero-order chi connectivity index (χ0) is 16.4. The van der Waals surface area contributed by atoms with E-state index in [1.165, 1.54) is 5.56 Å². The van der Waals surface area contributed by atoms with Crippen molar-refractivity contribution in [1.82, 2.24) is 24.5 Å². The van der Waals surface area contributed by atoms with Crippen LogP contribution in [0.4, 0.5) is 0 Å². The Hall–Kier alpha value is -1.80. The number of aromatic nitrogens is 4. The summed E-state index contributed by atoms with van der Waals surface area (Å²) in [5, 5.41) is 12.1. The van der Waals surface area contributed by atoms with Crippen LogP contribution >= 0.6 is 0 Å².